The minimum atomic E-state index is 0.568. The van der Waals surface area contributed by atoms with Gasteiger partial charge in [-0.3, -0.25) is 4.98 Å². The smallest absolute Gasteiger partial charge is 0.0270 e. The SMILES string of the molecule is CCCNC(CC)C(C)N(C)CCc1ccncc1. The molecular formula is C16H29N3. The highest BCUT2D eigenvalue weighted by atomic mass is 15.2. The van der Waals surface area contributed by atoms with Crippen LogP contribution >= 0.6 is 0 Å². The molecule has 0 radical (unpaired) electrons. The quantitative estimate of drug-likeness (QED) is 0.742. The Bertz CT molecular complexity index is 326. The summed E-state index contributed by atoms with van der Waals surface area (Å²) in [5.41, 5.74) is 1.36. The fourth-order valence-electron chi connectivity index (χ4n) is 2.35. The van der Waals surface area contributed by atoms with E-state index in [0.29, 0.717) is 12.1 Å². The number of nitrogens with one attached hydrogen (secondary N) is 1. The molecule has 1 aromatic heterocycles. The van der Waals surface area contributed by atoms with Gasteiger partial charge in [0.05, 0.1) is 0 Å². The fourth-order valence-corrected chi connectivity index (χ4v) is 2.35. The summed E-state index contributed by atoms with van der Waals surface area (Å²) in [6.07, 6.45) is 7.21. The lowest BCUT2D eigenvalue weighted by molar-refractivity contribution is 0.205. The molecule has 0 fully saturated rings. The van der Waals surface area contributed by atoms with Gasteiger partial charge in [0.15, 0.2) is 0 Å². The molecule has 0 amide bonds. The van der Waals surface area contributed by atoms with Gasteiger partial charge in [-0.1, -0.05) is 13.8 Å². The van der Waals surface area contributed by atoms with Crippen LogP contribution in [0.25, 0.3) is 0 Å². The zero-order valence-electron chi connectivity index (χ0n) is 12.9. The van der Waals surface area contributed by atoms with E-state index in [-0.39, 0.29) is 0 Å². The molecular weight excluding hydrogens is 234 g/mol. The van der Waals surface area contributed by atoms with Gasteiger partial charge < -0.3 is 10.2 Å². The second kappa shape index (κ2) is 9.05. The molecule has 108 valence electrons. The third-order valence-electron chi connectivity index (χ3n) is 3.88. The van der Waals surface area contributed by atoms with Gasteiger partial charge in [-0.05, 0) is 57.5 Å². The first-order valence-electron chi connectivity index (χ1n) is 7.51. The first-order valence-corrected chi connectivity index (χ1v) is 7.51. The Balaban J connectivity index is 2.40. The second-order valence-electron chi connectivity index (χ2n) is 5.30. The molecule has 0 bridgehead atoms. The van der Waals surface area contributed by atoms with Gasteiger partial charge in [-0.25, -0.2) is 0 Å². The lowest BCUT2D eigenvalue weighted by Gasteiger charge is -2.32. The van der Waals surface area contributed by atoms with Crippen molar-refractivity contribution >= 4 is 0 Å². The molecule has 0 spiro atoms. The van der Waals surface area contributed by atoms with E-state index >= 15 is 0 Å². The summed E-state index contributed by atoms with van der Waals surface area (Å²) in [6, 6.07) is 5.36. The molecule has 0 aliphatic carbocycles. The van der Waals surface area contributed by atoms with E-state index in [1.807, 2.05) is 12.4 Å². The molecule has 3 nitrogen and oxygen atoms in total. The molecule has 1 aromatic rings. The third-order valence-corrected chi connectivity index (χ3v) is 3.88. The summed E-state index contributed by atoms with van der Waals surface area (Å²) in [5.74, 6) is 0. The zero-order chi connectivity index (χ0) is 14.1. The van der Waals surface area contributed by atoms with E-state index in [4.69, 9.17) is 0 Å². The van der Waals surface area contributed by atoms with Crippen LogP contribution in [0.5, 0.6) is 0 Å². The summed E-state index contributed by atoms with van der Waals surface area (Å²) in [6.45, 7) is 9.01. The predicted octanol–water partition coefficient (Wildman–Crippen LogP) is 2.72. The highest BCUT2D eigenvalue weighted by Gasteiger charge is 2.18. The Kier molecular flexibility index (Phi) is 7.68. The molecule has 19 heavy (non-hydrogen) atoms. The first-order chi connectivity index (χ1) is 9.19. The fraction of sp³-hybridized carbons (Fsp3) is 0.688. The highest BCUT2D eigenvalue weighted by Crippen LogP contribution is 2.08. The van der Waals surface area contributed by atoms with Crippen LogP contribution in [0, 0.1) is 0 Å². The average Bonchev–Trinajstić information content (AvgIpc) is 2.46. The van der Waals surface area contributed by atoms with Crippen LogP contribution in [0.1, 0.15) is 39.2 Å². The monoisotopic (exact) mass is 263 g/mol. The van der Waals surface area contributed by atoms with Crippen molar-refractivity contribution in [2.45, 2.75) is 52.1 Å². The van der Waals surface area contributed by atoms with Gasteiger partial charge in [-0.2, -0.15) is 0 Å². The Morgan fingerprint density at radius 1 is 1.26 bits per heavy atom. The van der Waals surface area contributed by atoms with E-state index in [1.165, 1.54) is 18.4 Å². The van der Waals surface area contributed by atoms with E-state index in [1.54, 1.807) is 0 Å². The average molecular weight is 263 g/mol. The largest absolute Gasteiger partial charge is 0.312 e. The third kappa shape index (κ3) is 5.70. The van der Waals surface area contributed by atoms with Crippen LogP contribution in [-0.4, -0.2) is 42.1 Å². The van der Waals surface area contributed by atoms with Crippen LogP contribution in [0.15, 0.2) is 24.5 Å². The van der Waals surface area contributed by atoms with Gasteiger partial charge in [0, 0.05) is 31.0 Å². The van der Waals surface area contributed by atoms with Crippen LogP contribution in [0.2, 0.25) is 0 Å². The molecule has 0 saturated heterocycles. The van der Waals surface area contributed by atoms with Crippen molar-refractivity contribution in [2.75, 3.05) is 20.1 Å². The molecule has 1 heterocycles. The van der Waals surface area contributed by atoms with E-state index in [9.17, 15) is 0 Å². The summed E-state index contributed by atoms with van der Waals surface area (Å²) in [7, 11) is 2.22. The molecule has 2 atom stereocenters. The lowest BCUT2D eigenvalue weighted by Crippen LogP contribution is -2.47. The number of hydrogen-bond acceptors (Lipinski definition) is 3. The van der Waals surface area contributed by atoms with Crippen molar-refractivity contribution in [1.29, 1.82) is 0 Å². The first kappa shape index (κ1) is 16.1. The number of pyridine rings is 1. The summed E-state index contributed by atoms with van der Waals surface area (Å²) >= 11 is 0. The maximum absolute atomic E-state index is 4.06. The van der Waals surface area contributed by atoms with Crippen LogP contribution in [-0.2, 0) is 6.42 Å². The van der Waals surface area contributed by atoms with Crippen molar-refractivity contribution in [3.8, 4) is 0 Å². The maximum atomic E-state index is 4.06. The zero-order valence-corrected chi connectivity index (χ0v) is 12.9. The molecule has 1 N–H and O–H groups in total. The number of rotatable bonds is 9. The van der Waals surface area contributed by atoms with Gasteiger partial charge in [-0.15, -0.1) is 0 Å². The number of hydrogen-bond donors (Lipinski definition) is 1. The molecule has 0 aliphatic heterocycles. The van der Waals surface area contributed by atoms with Crippen LogP contribution in [0.4, 0.5) is 0 Å². The molecule has 0 aromatic carbocycles. The van der Waals surface area contributed by atoms with Crippen LogP contribution in [0.3, 0.4) is 0 Å². The van der Waals surface area contributed by atoms with Crippen molar-refractivity contribution < 1.29 is 0 Å². The predicted molar refractivity (Wildman–Crippen MR) is 82.4 cm³/mol. The standard InChI is InChI=1S/C16H29N3/c1-5-10-18-16(6-2)14(3)19(4)13-9-15-7-11-17-12-8-15/h7-8,11-12,14,16,18H,5-6,9-10,13H2,1-4H3. The Morgan fingerprint density at radius 2 is 1.95 bits per heavy atom. The van der Waals surface area contributed by atoms with Gasteiger partial charge in [0.25, 0.3) is 0 Å². The Labute approximate surface area is 118 Å². The second-order valence-corrected chi connectivity index (χ2v) is 5.30. The summed E-state index contributed by atoms with van der Waals surface area (Å²) < 4.78 is 0. The maximum Gasteiger partial charge on any atom is 0.0270 e. The molecule has 1 rings (SSSR count). The minimum absolute atomic E-state index is 0.568. The number of likely N-dealkylation sites (N-methyl/N-ethyl adjacent to an activating group) is 1. The normalized spacial score (nSPS) is 14.6. The minimum Gasteiger partial charge on any atom is -0.312 e. The number of aromatic nitrogens is 1. The van der Waals surface area contributed by atoms with Gasteiger partial charge in [0.1, 0.15) is 0 Å². The highest BCUT2D eigenvalue weighted by molar-refractivity contribution is 5.09. The Hall–Kier alpha value is -0.930. The Morgan fingerprint density at radius 3 is 2.53 bits per heavy atom. The molecule has 0 aliphatic rings. The van der Waals surface area contributed by atoms with Crippen molar-refractivity contribution in [2.24, 2.45) is 0 Å². The van der Waals surface area contributed by atoms with E-state index < -0.39 is 0 Å². The summed E-state index contributed by atoms with van der Waals surface area (Å²) in [4.78, 5) is 6.51. The van der Waals surface area contributed by atoms with Gasteiger partial charge in [0.2, 0.25) is 0 Å². The van der Waals surface area contributed by atoms with E-state index in [2.05, 4.69) is 55.2 Å². The molecule has 2 unspecified atom stereocenters. The lowest BCUT2D eigenvalue weighted by atomic mass is 10.1. The van der Waals surface area contributed by atoms with Crippen molar-refractivity contribution in [1.82, 2.24) is 15.2 Å². The van der Waals surface area contributed by atoms with Crippen molar-refractivity contribution in [3.63, 3.8) is 0 Å². The van der Waals surface area contributed by atoms with E-state index in [0.717, 1.165) is 19.5 Å². The van der Waals surface area contributed by atoms with Gasteiger partial charge >= 0.3 is 0 Å². The van der Waals surface area contributed by atoms with Crippen LogP contribution < -0.4 is 5.32 Å². The molecule has 0 saturated carbocycles. The number of nitrogens with zero attached hydrogens (tertiary/aromatic N) is 2. The van der Waals surface area contributed by atoms with Crippen molar-refractivity contribution in [3.05, 3.63) is 30.1 Å². The topological polar surface area (TPSA) is 28.2 Å². The molecule has 3 heteroatoms. The summed E-state index contributed by atoms with van der Waals surface area (Å²) in [5, 5.41) is 3.65.